The van der Waals surface area contributed by atoms with Crippen LogP contribution in [0.2, 0.25) is 0 Å². The Balaban J connectivity index is 1.90. The maximum Gasteiger partial charge on any atom is 0.237 e. The first-order valence-corrected chi connectivity index (χ1v) is 8.94. The highest BCUT2D eigenvalue weighted by atomic mass is 32.2. The van der Waals surface area contributed by atoms with Crippen molar-refractivity contribution in [3.05, 3.63) is 48.5 Å². The molecule has 0 aliphatic heterocycles. The highest BCUT2D eigenvalue weighted by Gasteiger charge is 2.14. The van der Waals surface area contributed by atoms with Crippen molar-refractivity contribution in [2.75, 3.05) is 17.2 Å². The maximum atomic E-state index is 12.3. The third kappa shape index (κ3) is 6.15. The molecule has 1 atom stereocenters. The summed E-state index contributed by atoms with van der Waals surface area (Å²) in [7, 11) is 0. The van der Waals surface area contributed by atoms with Crippen LogP contribution in [0.25, 0.3) is 0 Å². The van der Waals surface area contributed by atoms with Gasteiger partial charge in [0, 0.05) is 23.2 Å². The average Bonchev–Trinajstić information content (AvgIpc) is 2.58. The van der Waals surface area contributed by atoms with Crippen LogP contribution in [0.5, 0.6) is 5.75 Å². The molecule has 0 spiro atoms. The lowest BCUT2D eigenvalue weighted by atomic mass is 10.3. The van der Waals surface area contributed by atoms with Gasteiger partial charge in [-0.1, -0.05) is 0 Å². The van der Waals surface area contributed by atoms with E-state index < -0.39 is 0 Å². The Morgan fingerprint density at radius 3 is 2.12 bits per heavy atom. The molecular weight excluding hydrogens is 336 g/mol. The summed E-state index contributed by atoms with van der Waals surface area (Å²) in [4.78, 5) is 24.3. The maximum absolute atomic E-state index is 12.3. The van der Waals surface area contributed by atoms with Gasteiger partial charge >= 0.3 is 0 Å². The van der Waals surface area contributed by atoms with Gasteiger partial charge in [0.1, 0.15) is 5.75 Å². The molecule has 2 aromatic carbocycles. The van der Waals surface area contributed by atoms with E-state index in [2.05, 4.69) is 10.6 Å². The van der Waals surface area contributed by atoms with Crippen molar-refractivity contribution in [2.24, 2.45) is 0 Å². The molecule has 0 saturated carbocycles. The highest BCUT2D eigenvalue weighted by molar-refractivity contribution is 8.00. The lowest BCUT2D eigenvalue weighted by Gasteiger charge is -2.13. The van der Waals surface area contributed by atoms with Crippen molar-refractivity contribution in [1.82, 2.24) is 0 Å². The molecule has 0 saturated heterocycles. The van der Waals surface area contributed by atoms with Gasteiger partial charge in [-0.3, -0.25) is 9.59 Å². The van der Waals surface area contributed by atoms with E-state index in [9.17, 15) is 9.59 Å². The van der Waals surface area contributed by atoms with Crippen molar-refractivity contribution < 1.29 is 14.3 Å². The normalized spacial score (nSPS) is 11.5. The second-order valence-corrected chi connectivity index (χ2v) is 6.83. The van der Waals surface area contributed by atoms with Crippen LogP contribution in [0.3, 0.4) is 0 Å². The molecule has 6 heteroatoms. The lowest BCUT2D eigenvalue weighted by molar-refractivity contribution is -0.115. The predicted octanol–water partition coefficient (Wildman–Crippen LogP) is 4.16. The lowest BCUT2D eigenvalue weighted by Crippen LogP contribution is -2.22. The van der Waals surface area contributed by atoms with Crippen LogP contribution in [0, 0.1) is 0 Å². The number of hydrogen-bond acceptors (Lipinski definition) is 4. The number of amides is 2. The van der Waals surface area contributed by atoms with Crippen molar-refractivity contribution in [3.8, 4) is 5.75 Å². The SMILES string of the molecule is CCOc1ccc(NC(=O)C(C)Sc2ccc(NC(C)=O)cc2)cc1. The molecule has 1 unspecified atom stereocenters. The number of carbonyl (C=O) groups is 2. The van der Waals surface area contributed by atoms with E-state index in [-0.39, 0.29) is 17.1 Å². The first kappa shape index (κ1) is 18.9. The first-order valence-electron chi connectivity index (χ1n) is 8.06. The Morgan fingerprint density at radius 2 is 1.56 bits per heavy atom. The van der Waals surface area contributed by atoms with Crippen LogP contribution in [0.4, 0.5) is 11.4 Å². The number of rotatable bonds is 7. The molecule has 0 aliphatic carbocycles. The summed E-state index contributed by atoms with van der Waals surface area (Å²) in [6.07, 6.45) is 0. The van der Waals surface area contributed by atoms with E-state index in [1.807, 2.05) is 62.4 Å². The molecule has 25 heavy (non-hydrogen) atoms. The number of benzene rings is 2. The Bertz CT molecular complexity index is 714. The van der Waals surface area contributed by atoms with Crippen molar-refractivity contribution >= 4 is 35.0 Å². The molecule has 2 aromatic rings. The Hall–Kier alpha value is -2.47. The molecule has 0 radical (unpaired) electrons. The second-order valence-electron chi connectivity index (χ2n) is 5.41. The van der Waals surface area contributed by atoms with Gasteiger partial charge in [-0.05, 0) is 62.4 Å². The zero-order chi connectivity index (χ0) is 18.2. The van der Waals surface area contributed by atoms with Crippen LogP contribution < -0.4 is 15.4 Å². The summed E-state index contributed by atoms with van der Waals surface area (Å²) in [6, 6.07) is 14.7. The summed E-state index contributed by atoms with van der Waals surface area (Å²) in [5.41, 5.74) is 1.48. The fourth-order valence-electron chi connectivity index (χ4n) is 2.12. The zero-order valence-electron chi connectivity index (χ0n) is 14.5. The van der Waals surface area contributed by atoms with Crippen LogP contribution in [-0.4, -0.2) is 23.7 Å². The molecule has 132 valence electrons. The van der Waals surface area contributed by atoms with E-state index in [1.54, 1.807) is 0 Å². The Kier molecular flexibility index (Phi) is 6.89. The number of carbonyl (C=O) groups excluding carboxylic acids is 2. The molecule has 0 fully saturated rings. The number of ether oxygens (including phenoxy) is 1. The summed E-state index contributed by atoms with van der Waals surface area (Å²) >= 11 is 1.46. The summed E-state index contributed by atoms with van der Waals surface area (Å²) in [6.45, 7) is 5.86. The topological polar surface area (TPSA) is 67.4 Å². The van der Waals surface area contributed by atoms with E-state index in [4.69, 9.17) is 4.74 Å². The molecule has 0 bridgehead atoms. The quantitative estimate of drug-likeness (QED) is 0.729. The van der Waals surface area contributed by atoms with E-state index in [0.29, 0.717) is 6.61 Å². The van der Waals surface area contributed by atoms with E-state index >= 15 is 0 Å². The monoisotopic (exact) mass is 358 g/mol. The molecular formula is C19H22N2O3S. The molecule has 2 rings (SSSR count). The van der Waals surface area contributed by atoms with Crippen LogP contribution in [0.1, 0.15) is 20.8 Å². The van der Waals surface area contributed by atoms with Crippen molar-refractivity contribution in [3.63, 3.8) is 0 Å². The van der Waals surface area contributed by atoms with Gasteiger partial charge < -0.3 is 15.4 Å². The Labute approximate surface area is 152 Å². The third-order valence-corrected chi connectivity index (χ3v) is 4.40. The van der Waals surface area contributed by atoms with Gasteiger partial charge in [-0.2, -0.15) is 0 Å². The van der Waals surface area contributed by atoms with Gasteiger partial charge in [0.25, 0.3) is 0 Å². The predicted molar refractivity (Wildman–Crippen MR) is 102 cm³/mol. The zero-order valence-corrected chi connectivity index (χ0v) is 15.4. The molecule has 2 amide bonds. The van der Waals surface area contributed by atoms with Gasteiger partial charge in [0.2, 0.25) is 11.8 Å². The van der Waals surface area contributed by atoms with Gasteiger partial charge in [-0.15, -0.1) is 11.8 Å². The number of thioether (sulfide) groups is 1. The standard InChI is InChI=1S/C19H22N2O3S/c1-4-24-17-9-5-16(6-10-17)21-19(23)13(2)25-18-11-7-15(8-12-18)20-14(3)22/h5-13H,4H2,1-3H3,(H,20,22)(H,21,23). The van der Waals surface area contributed by atoms with E-state index in [1.165, 1.54) is 18.7 Å². The molecule has 0 aromatic heterocycles. The van der Waals surface area contributed by atoms with Gasteiger partial charge in [0.05, 0.1) is 11.9 Å². The third-order valence-electron chi connectivity index (χ3n) is 3.29. The minimum absolute atomic E-state index is 0.0694. The number of anilines is 2. The first-order chi connectivity index (χ1) is 12.0. The van der Waals surface area contributed by atoms with E-state index in [0.717, 1.165) is 22.0 Å². The summed E-state index contributed by atoms with van der Waals surface area (Å²) in [5, 5.41) is 5.36. The summed E-state index contributed by atoms with van der Waals surface area (Å²) < 4.78 is 5.38. The Morgan fingerprint density at radius 1 is 1.00 bits per heavy atom. The fraction of sp³-hybridized carbons (Fsp3) is 0.263. The number of hydrogen-bond donors (Lipinski definition) is 2. The molecule has 0 aliphatic rings. The minimum atomic E-state index is -0.252. The minimum Gasteiger partial charge on any atom is -0.494 e. The fourth-order valence-corrected chi connectivity index (χ4v) is 2.99. The average molecular weight is 358 g/mol. The second kappa shape index (κ2) is 9.13. The molecule has 2 N–H and O–H groups in total. The van der Waals surface area contributed by atoms with Crippen LogP contribution >= 0.6 is 11.8 Å². The summed E-state index contributed by atoms with van der Waals surface area (Å²) in [5.74, 6) is 0.603. The number of nitrogens with one attached hydrogen (secondary N) is 2. The van der Waals surface area contributed by atoms with Gasteiger partial charge in [-0.25, -0.2) is 0 Å². The molecule has 0 heterocycles. The van der Waals surface area contributed by atoms with Crippen LogP contribution in [-0.2, 0) is 9.59 Å². The largest absolute Gasteiger partial charge is 0.494 e. The highest BCUT2D eigenvalue weighted by Crippen LogP contribution is 2.26. The van der Waals surface area contributed by atoms with Gasteiger partial charge in [0.15, 0.2) is 0 Å². The van der Waals surface area contributed by atoms with Crippen molar-refractivity contribution in [1.29, 1.82) is 0 Å². The van der Waals surface area contributed by atoms with Crippen LogP contribution in [0.15, 0.2) is 53.4 Å². The molecule has 5 nitrogen and oxygen atoms in total. The smallest absolute Gasteiger partial charge is 0.237 e. The van der Waals surface area contributed by atoms with Crippen molar-refractivity contribution in [2.45, 2.75) is 30.9 Å².